The highest BCUT2D eigenvalue weighted by atomic mass is 16.9. The lowest BCUT2D eigenvalue weighted by atomic mass is 10.1. The normalized spacial score (nSPS) is 12.0. The van der Waals surface area contributed by atoms with Crippen LogP contribution in [0.4, 0.5) is 0 Å². The summed E-state index contributed by atoms with van der Waals surface area (Å²) in [6, 6.07) is 0. The minimum Gasteiger partial charge on any atom is -0.331 e. The van der Waals surface area contributed by atoms with Crippen LogP contribution in [0.25, 0.3) is 0 Å². The third kappa shape index (κ3) is 7.07. The van der Waals surface area contributed by atoms with Crippen molar-refractivity contribution in [3.63, 3.8) is 0 Å². The summed E-state index contributed by atoms with van der Waals surface area (Å²) in [5, 5.41) is 0. The van der Waals surface area contributed by atoms with Gasteiger partial charge in [0.1, 0.15) is 12.4 Å². The number of aromatic amines is 1. The first-order valence-corrected chi connectivity index (χ1v) is 7.93. The molecule has 1 aromatic heterocycles. The summed E-state index contributed by atoms with van der Waals surface area (Å²) in [6.45, 7) is 1.11. The Labute approximate surface area is 128 Å². The molecule has 0 atom stereocenters. The Morgan fingerprint density at radius 3 is 1.95 bits per heavy atom. The Kier molecular flexibility index (Phi) is 9.30. The molecule has 122 valence electrons. The number of nitrogens with zero attached hydrogens (tertiary/aromatic N) is 1. The number of ether oxygens (including phenoxy) is 3. The molecule has 0 unspecified atom stereocenters. The third-order valence-corrected chi connectivity index (χ3v) is 3.93. The van der Waals surface area contributed by atoms with E-state index in [0.29, 0.717) is 0 Å². The van der Waals surface area contributed by atoms with Crippen molar-refractivity contribution in [2.24, 2.45) is 0 Å². The van der Waals surface area contributed by atoms with Gasteiger partial charge in [0.15, 0.2) is 0 Å². The monoisotopic (exact) mass is 299 g/mol. The first-order valence-electron chi connectivity index (χ1n) is 7.93. The van der Waals surface area contributed by atoms with E-state index in [1.807, 2.05) is 12.5 Å². The number of imidazole rings is 1. The maximum atomic E-state index is 5.28. The summed E-state index contributed by atoms with van der Waals surface area (Å²) < 4.78 is 18.0. The van der Waals surface area contributed by atoms with Crippen LogP contribution in [-0.2, 0) is 20.8 Å². The van der Waals surface area contributed by atoms with Crippen molar-refractivity contribution in [2.45, 2.75) is 63.9 Å². The molecule has 1 rings (SSSR count). The van der Waals surface area contributed by atoms with E-state index in [-0.39, 0.29) is 0 Å². The topological polar surface area (TPSA) is 47.4 Å². The molecule has 21 heavy (non-hydrogen) atoms. The Bertz CT molecular complexity index is 329. The highest BCUT2D eigenvalue weighted by molar-refractivity contribution is 4.57. The van der Waals surface area contributed by atoms with Gasteiger partial charge in [-0.2, -0.15) is 0 Å². The SMILES string of the molecule is COC(CCCCCCCCC[n+]1cc[nH]c1)(OC)OC. The molecule has 1 heterocycles. The fourth-order valence-corrected chi connectivity index (χ4v) is 2.54. The third-order valence-electron chi connectivity index (χ3n) is 3.93. The largest absolute Gasteiger partial charge is 0.331 e. The second-order valence-electron chi connectivity index (χ2n) is 5.37. The zero-order valence-electron chi connectivity index (χ0n) is 13.8. The van der Waals surface area contributed by atoms with Crippen molar-refractivity contribution in [3.05, 3.63) is 18.7 Å². The lowest BCUT2D eigenvalue weighted by Crippen LogP contribution is -2.35. The van der Waals surface area contributed by atoms with E-state index in [2.05, 4.69) is 15.7 Å². The van der Waals surface area contributed by atoms with Crippen LogP contribution in [-0.4, -0.2) is 32.3 Å². The molecule has 1 aromatic rings. The molecule has 0 aliphatic heterocycles. The molecule has 0 aromatic carbocycles. The predicted octanol–water partition coefficient (Wildman–Crippen LogP) is 3.02. The first-order chi connectivity index (χ1) is 10.3. The molecular weight excluding hydrogens is 268 g/mol. The van der Waals surface area contributed by atoms with Crippen molar-refractivity contribution in [3.8, 4) is 0 Å². The number of aromatic nitrogens is 2. The number of methoxy groups -OCH3 is 3. The second kappa shape index (κ2) is 10.8. The maximum Gasteiger partial charge on any atom is 0.282 e. The van der Waals surface area contributed by atoms with Crippen molar-refractivity contribution in [1.82, 2.24) is 4.98 Å². The van der Waals surface area contributed by atoms with Crippen LogP contribution in [0.2, 0.25) is 0 Å². The Balaban J connectivity index is 1.92. The van der Waals surface area contributed by atoms with Gasteiger partial charge in [-0.15, -0.1) is 0 Å². The molecule has 5 nitrogen and oxygen atoms in total. The fourth-order valence-electron chi connectivity index (χ4n) is 2.54. The van der Waals surface area contributed by atoms with Crippen molar-refractivity contribution in [1.29, 1.82) is 0 Å². The number of aryl methyl sites for hydroxylation is 1. The quantitative estimate of drug-likeness (QED) is 0.346. The molecule has 0 fully saturated rings. The van der Waals surface area contributed by atoms with Gasteiger partial charge in [-0.25, -0.2) is 4.57 Å². The number of unbranched alkanes of at least 4 members (excludes halogenated alkanes) is 6. The smallest absolute Gasteiger partial charge is 0.282 e. The van der Waals surface area contributed by atoms with E-state index in [1.54, 1.807) is 21.3 Å². The fraction of sp³-hybridized carbons (Fsp3) is 0.812. The van der Waals surface area contributed by atoms with E-state index in [4.69, 9.17) is 14.2 Å². The van der Waals surface area contributed by atoms with Crippen molar-refractivity contribution in [2.75, 3.05) is 21.3 Å². The first kappa shape index (κ1) is 18.1. The van der Waals surface area contributed by atoms with Gasteiger partial charge in [0.25, 0.3) is 5.97 Å². The van der Waals surface area contributed by atoms with Gasteiger partial charge in [-0.3, -0.25) is 4.98 Å². The minimum absolute atomic E-state index is 0.778. The average Bonchev–Trinajstić information content (AvgIpc) is 3.03. The minimum atomic E-state index is -0.853. The zero-order valence-corrected chi connectivity index (χ0v) is 13.8. The van der Waals surface area contributed by atoms with Gasteiger partial charge in [-0.05, 0) is 19.3 Å². The van der Waals surface area contributed by atoms with Crippen LogP contribution in [0, 0.1) is 0 Å². The van der Waals surface area contributed by atoms with Crippen LogP contribution < -0.4 is 4.57 Å². The van der Waals surface area contributed by atoms with E-state index in [9.17, 15) is 0 Å². The van der Waals surface area contributed by atoms with Gasteiger partial charge < -0.3 is 14.2 Å². The second-order valence-corrected chi connectivity index (χ2v) is 5.37. The van der Waals surface area contributed by atoms with Crippen LogP contribution in [0.5, 0.6) is 0 Å². The van der Waals surface area contributed by atoms with Gasteiger partial charge in [0.05, 0.1) is 6.54 Å². The van der Waals surface area contributed by atoms with E-state index in [0.717, 1.165) is 19.4 Å². The summed E-state index contributed by atoms with van der Waals surface area (Å²) in [5.41, 5.74) is 0. The molecule has 0 saturated heterocycles. The van der Waals surface area contributed by atoms with Crippen molar-refractivity contribution >= 4 is 0 Å². The Morgan fingerprint density at radius 2 is 1.43 bits per heavy atom. The molecular formula is C16H31N2O3+. The maximum absolute atomic E-state index is 5.28. The van der Waals surface area contributed by atoms with Gasteiger partial charge in [0, 0.05) is 27.8 Å². The lowest BCUT2D eigenvalue weighted by Gasteiger charge is -2.28. The Morgan fingerprint density at radius 1 is 0.857 bits per heavy atom. The highest BCUT2D eigenvalue weighted by Gasteiger charge is 2.28. The average molecular weight is 299 g/mol. The summed E-state index contributed by atoms with van der Waals surface area (Å²) in [4.78, 5) is 3.06. The summed E-state index contributed by atoms with van der Waals surface area (Å²) in [7, 11) is 4.86. The number of nitrogens with one attached hydrogen (secondary N) is 1. The molecule has 0 bridgehead atoms. The molecule has 0 aliphatic carbocycles. The predicted molar refractivity (Wildman–Crippen MR) is 81.7 cm³/mol. The zero-order chi connectivity index (χ0) is 15.4. The van der Waals surface area contributed by atoms with Crippen molar-refractivity contribution < 1.29 is 18.8 Å². The summed E-state index contributed by atoms with van der Waals surface area (Å²) >= 11 is 0. The van der Waals surface area contributed by atoms with Gasteiger partial charge in [-0.1, -0.05) is 25.7 Å². The van der Waals surface area contributed by atoms with Crippen LogP contribution in [0.1, 0.15) is 51.4 Å². The van der Waals surface area contributed by atoms with E-state index in [1.165, 1.54) is 38.5 Å². The summed E-state index contributed by atoms with van der Waals surface area (Å²) in [5.74, 6) is -0.853. The molecule has 0 spiro atoms. The number of H-pyrrole nitrogens is 1. The number of rotatable bonds is 13. The molecule has 0 amide bonds. The van der Waals surface area contributed by atoms with Crippen LogP contribution >= 0.6 is 0 Å². The lowest BCUT2D eigenvalue weighted by molar-refractivity contribution is -0.696. The standard InChI is InChI=1S/C16H30N2O3/c1-19-16(20-2,21-3)11-9-7-5-4-6-8-10-13-18-14-12-17-15-18/h12,14-15H,4-11,13H2,1-3H3/p+1. The van der Waals surface area contributed by atoms with Gasteiger partial charge >= 0.3 is 0 Å². The number of hydrogen-bond donors (Lipinski definition) is 1. The molecule has 5 heteroatoms. The Hall–Kier alpha value is -0.910. The molecule has 0 radical (unpaired) electrons. The number of hydrogen-bond acceptors (Lipinski definition) is 3. The van der Waals surface area contributed by atoms with Crippen LogP contribution in [0.3, 0.4) is 0 Å². The molecule has 1 N–H and O–H groups in total. The van der Waals surface area contributed by atoms with Crippen LogP contribution in [0.15, 0.2) is 18.7 Å². The summed E-state index contributed by atoms with van der Waals surface area (Å²) in [6.07, 6.45) is 15.5. The van der Waals surface area contributed by atoms with Gasteiger partial charge in [0.2, 0.25) is 6.33 Å². The van der Waals surface area contributed by atoms with E-state index < -0.39 is 5.97 Å². The molecule has 0 aliphatic rings. The molecule has 0 saturated carbocycles. The van der Waals surface area contributed by atoms with E-state index >= 15 is 0 Å². The highest BCUT2D eigenvalue weighted by Crippen LogP contribution is 2.21.